The molecule has 3 N–H and O–H groups in total. The molecule has 3 aromatic rings. The molecule has 12 heteroatoms. The van der Waals surface area contributed by atoms with E-state index in [1.165, 1.54) is 30.9 Å². The third kappa shape index (κ3) is 4.47. The molecule has 0 saturated carbocycles. The van der Waals surface area contributed by atoms with E-state index in [4.69, 9.17) is 5.14 Å². The molecule has 0 saturated heterocycles. The fourth-order valence-electron chi connectivity index (χ4n) is 2.35. The minimum Gasteiger partial charge on any atom is -0.369 e. The van der Waals surface area contributed by atoms with Crippen LogP contribution < -0.4 is 10.5 Å². The summed E-state index contributed by atoms with van der Waals surface area (Å²) >= 11 is 0. The summed E-state index contributed by atoms with van der Waals surface area (Å²) in [5, 5.41) is 7.73. The van der Waals surface area contributed by atoms with E-state index in [2.05, 4.69) is 25.3 Å². The number of nitrogens with two attached hydrogens (primary N) is 1. The molecule has 0 unspecified atom stereocenters. The zero-order valence-corrected chi connectivity index (χ0v) is 16.0. The van der Waals surface area contributed by atoms with Crippen LogP contribution in [-0.4, -0.2) is 59.2 Å². The van der Waals surface area contributed by atoms with Gasteiger partial charge in [-0.25, -0.2) is 33.5 Å². The number of hydrogen-bond donors (Lipinski definition) is 2. The molecule has 28 heavy (non-hydrogen) atoms. The fraction of sp³-hybridized carbons (Fsp3) is 0.188. The van der Waals surface area contributed by atoms with Crippen LogP contribution in [0.25, 0.3) is 11.2 Å². The van der Waals surface area contributed by atoms with Crippen LogP contribution in [0, 0.1) is 0 Å². The van der Waals surface area contributed by atoms with E-state index < -0.39 is 10.0 Å². The van der Waals surface area contributed by atoms with Gasteiger partial charge in [0.1, 0.15) is 12.9 Å². The quantitative estimate of drug-likeness (QED) is 0.446. The number of rotatable bonds is 6. The SMILES string of the molecule is CN(C)/C=N/c1ncnc2c1ncn2CC(=O)Nc1cccc(S(N)(=O)=O)c1. The lowest BCUT2D eigenvalue weighted by atomic mass is 10.3. The minimum absolute atomic E-state index is 0.0794. The van der Waals surface area contributed by atoms with Crippen molar-refractivity contribution >= 4 is 44.9 Å². The maximum absolute atomic E-state index is 12.4. The lowest BCUT2D eigenvalue weighted by Crippen LogP contribution is -2.19. The second kappa shape index (κ2) is 7.70. The van der Waals surface area contributed by atoms with Crippen molar-refractivity contribution in [2.24, 2.45) is 10.1 Å². The van der Waals surface area contributed by atoms with Crippen molar-refractivity contribution in [1.82, 2.24) is 24.4 Å². The van der Waals surface area contributed by atoms with E-state index >= 15 is 0 Å². The Morgan fingerprint density at radius 1 is 1.32 bits per heavy atom. The summed E-state index contributed by atoms with van der Waals surface area (Å²) in [6.07, 6.45) is 4.40. The number of nitrogens with zero attached hydrogens (tertiary/aromatic N) is 6. The number of nitrogens with one attached hydrogen (secondary N) is 1. The number of amides is 1. The Morgan fingerprint density at radius 3 is 2.82 bits per heavy atom. The molecular formula is C16H18N8O3S. The zero-order chi connectivity index (χ0) is 20.3. The molecular weight excluding hydrogens is 384 g/mol. The van der Waals surface area contributed by atoms with Crippen LogP contribution in [0.15, 0.2) is 46.8 Å². The van der Waals surface area contributed by atoms with Crippen LogP contribution in [0.3, 0.4) is 0 Å². The largest absolute Gasteiger partial charge is 0.369 e. The van der Waals surface area contributed by atoms with Crippen LogP contribution in [0.5, 0.6) is 0 Å². The van der Waals surface area contributed by atoms with Crippen molar-refractivity contribution in [1.29, 1.82) is 0 Å². The third-order valence-electron chi connectivity index (χ3n) is 3.55. The first kappa shape index (κ1) is 19.4. The van der Waals surface area contributed by atoms with Crippen molar-refractivity contribution in [3.05, 3.63) is 36.9 Å². The van der Waals surface area contributed by atoms with Gasteiger partial charge in [-0.15, -0.1) is 0 Å². The molecule has 0 aliphatic heterocycles. The first-order valence-electron chi connectivity index (χ1n) is 8.03. The van der Waals surface area contributed by atoms with Gasteiger partial charge in [0.2, 0.25) is 15.9 Å². The van der Waals surface area contributed by atoms with Gasteiger partial charge >= 0.3 is 0 Å². The Balaban J connectivity index is 1.80. The van der Waals surface area contributed by atoms with Gasteiger partial charge in [-0.3, -0.25) is 4.79 Å². The standard InChI is InChI=1S/C16H18N8O3S/c1-23(2)9-21-15-14-16(19-8-18-15)24(10-20-14)7-13(25)22-11-4-3-5-12(6-11)28(17,26)27/h3-6,8-10H,7H2,1-2H3,(H,22,25)(H2,17,26,27)/b21-9+. The predicted molar refractivity (Wildman–Crippen MR) is 104 cm³/mol. The predicted octanol–water partition coefficient (Wildman–Crippen LogP) is 0.334. The smallest absolute Gasteiger partial charge is 0.244 e. The van der Waals surface area contributed by atoms with Gasteiger partial charge in [-0.05, 0) is 18.2 Å². The molecule has 1 amide bonds. The number of carbonyl (C=O) groups excluding carboxylic acids is 1. The molecule has 0 radical (unpaired) electrons. The molecule has 11 nitrogen and oxygen atoms in total. The Kier molecular flexibility index (Phi) is 5.33. The summed E-state index contributed by atoms with van der Waals surface area (Å²) in [4.78, 5) is 30.8. The zero-order valence-electron chi connectivity index (χ0n) is 15.1. The lowest BCUT2D eigenvalue weighted by molar-refractivity contribution is -0.116. The molecule has 0 atom stereocenters. The van der Waals surface area contributed by atoms with Crippen molar-refractivity contribution in [2.45, 2.75) is 11.4 Å². The van der Waals surface area contributed by atoms with Gasteiger partial charge in [0, 0.05) is 19.8 Å². The molecule has 0 fully saturated rings. The van der Waals surface area contributed by atoms with Crippen molar-refractivity contribution in [3.8, 4) is 0 Å². The highest BCUT2D eigenvalue weighted by Crippen LogP contribution is 2.20. The van der Waals surface area contributed by atoms with E-state index in [-0.39, 0.29) is 17.3 Å². The van der Waals surface area contributed by atoms with Gasteiger partial charge in [-0.2, -0.15) is 0 Å². The van der Waals surface area contributed by atoms with E-state index in [9.17, 15) is 13.2 Å². The fourth-order valence-corrected chi connectivity index (χ4v) is 2.91. The average Bonchev–Trinajstić information content (AvgIpc) is 3.03. The Hall–Kier alpha value is -3.38. The van der Waals surface area contributed by atoms with E-state index in [1.54, 1.807) is 21.9 Å². The van der Waals surface area contributed by atoms with Gasteiger partial charge in [0.25, 0.3) is 0 Å². The van der Waals surface area contributed by atoms with E-state index in [0.717, 1.165) is 0 Å². The molecule has 1 aromatic carbocycles. The number of sulfonamides is 1. The minimum atomic E-state index is -3.86. The summed E-state index contributed by atoms with van der Waals surface area (Å²) in [7, 11) is -0.198. The molecule has 3 rings (SSSR count). The first-order chi connectivity index (χ1) is 13.2. The molecule has 146 valence electrons. The molecule has 2 aromatic heterocycles. The van der Waals surface area contributed by atoms with Crippen LogP contribution >= 0.6 is 0 Å². The highest BCUT2D eigenvalue weighted by Gasteiger charge is 2.13. The van der Waals surface area contributed by atoms with Crippen LogP contribution in [-0.2, 0) is 21.4 Å². The van der Waals surface area contributed by atoms with Crippen molar-refractivity contribution < 1.29 is 13.2 Å². The average molecular weight is 402 g/mol. The van der Waals surface area contributed by atoms with Crippen LogP contribution in [0.1, 0.15) is 0 Å². The maximum atomic E-state index is 12.4. The van der Waals surface area contributed by atoms with E-state index in [1.807, 2.05) is 14.1 Å². The summed E-state index contributed by atoms with van der Waals surface area (Å²) in [6, 6.07) is 5.69. The number of aliphatic imine (C=N–C) groups is 1. The van der Waals surface area contributed by atoms with Crippen molar-refractivity contribution in [3.63, 3.8) is 0 Å². The lowest BCUT2D eigenvalue weighted by Gasteiger charge is -2.08. The molecule has 0 aliphatic rings. The highest BCUT2D eigenvalue weighted by molar-refractivity contribution is 7.89. The summed E-state index contributed by atoms with van der Waals surface area (Å²) in [5.41, 5.74) is 1.23. The van der Waals surface area contributed by atoms with E-state index in [0.29, 0.717) is 22.7 Å². The molecule has 0 spiro atoms. The first-order valence-corrected chi connectivity index (χ1v) is 9.58. The van der Waals surface area contributed by atoms with Gasteiger partial charge in [0.15, 0.2) is 17.0 Å². The monoisotopic (exact) mass is 402 g/mol. The number of fused-ring (bicyclic) bond motifs is 1. The highest BCUT2D eigenvalue weighted by atomic mass is 32.2. The number of aromatic nitrogens is 4. The van der Waals surface area contributed by atoms with Gasteiger partial charge in [0.05, 0.1) is 17.6 Å². The summed E-state index contributed by atoms with van der Waals surface area (Å²) < 4.78 is 24.4. The second-order valence-corrected chi connectivity index (χ2v) is 7.63. The molecule has 0 bridgehead atoms. The van der Waals surface area contributed by atoms with Crippen LogP contribution in [0.4, 0.5) is 11.5 Å². The third-order valence-corrected chi connectivity index (χ3v) is 4.46. The summed E-state index contributed by atoms with van der Waals surface area (Å²) in [5.74, 6) is 0.00142. The maximum Gasteiger partial charge on any atom is 0.244 e. The van der Waals surface area contributed by atoms with Gasteiger partial charge < -0.3 is 14.8 Å². The van der Waals surface area contributed by atoms with Crippen molar-refractivity contribution in [2.75, 3.05) is 19.4 Å². The number of primary sulfonamides is 1. The Bertz CT molecular complexity index is 1150. The number of carbonyl (C=O) groups is 1. The number of imidazole rings is 1. The topological polar surface area (TPSA) is 148 Å². The number of benzene rings is 1. The Morgan fingerprint density at radius 2 is 2.11 bits per heavy atom. The normalized spacial score (nSPS) is 11.8. The number of hydrogen-bond acceptors (Lipinski definition) is 7. The number of anilines is 1. The van der Waals surface area contributed by atoms with Gasteiger partial charge in [-0.1, -0.05) is 6.07 Å². The Labute approximate surface area is 161 Å². The van der Waals surface area contributed by atoms with Crippen LogP contribution in [0.2, 0.25) is 0 Å². The summed E-state index contributed by atoms with van der Waals surface area (Å²) in [6.45, 7) is -0.0794. The molecule has 0 aliphatic carbocycles. The second-order valence-electron chi connectivity index (χ2n) is 6.07. The molecule has 2 heterocycles.